The van der Waals surface area contributed by atoms with Crippen molar-refractivity contribution < 1.29 is 0 Å². The van der Waals surface area contributed by atoms with Crippen LogP contribution in [0.2, 0.25) is 0 Å². The molecular weight excluding hydrogens is 146 g/mol. The molecule has 0 aromatic heterocycles. The van der Waals surface area contributed by atoms with E-state index in [0.29, 0.717) is 6.04 Å². The summed E-state index contributed by atoms with van der Waals surface area (Å²) < 4.78 is 0. The summed E-state index contributed by atoms with van der Waals surface area (Å²) in [6.07, 6.45) is 1.22. The monoisotopic (exact) mass is 171 g/mol. The van der Waals surface area contributed by atoms with Crippen LogP contribution in [0.15, 0.2) is 0 Å². The first kappa shape index (κ1) is 12.0. The molecule has 0 rings (SSSR count). The van der Waals surface area contributed by atoms with Gasteiger partial charge in [-0.1, -0.05) is 34.6 Å². The maximum atomic E-state index is 5.92. The largest absolute Gasteiger partial charge is 0.327 e. The predicted octanol–water partition coefficient (Wildman–Crippen LogP) is 3.04. The van der Waals surface area contributed by atoms with Crippen molar-refractivity contribution in [1.82, 2.24) is 0 Å². The second-order valence-corrected chi connectivity index (χ2v) is 5.20. The highest BCUT2D eigenvalue weighted by Crippen LogP contribution is 2.31. The van der Waals surface area contributed by atoms with Gasteiger partial charge in [0.15, 0.2) is 0 Å². The molecule has 0 aromatic rings. The molecule has 0 heterocycles. The Labute approximate surface area is 77.7 Å². The Bertz CT molecular complexity index is 125. The Morgan fingerprint density at radius 1 is 1.08 bits per heavy atom. The van der Waals surface area contributed by atoms with E-state index in [2.05, 4.69) is 41.5 Å². The van der Waals surface area contributed by atoms with Crippen molar-refractivity contribution in [2.24, 2.45) is 23.0 Å². The van der Waals surface area contributed by atoms with Crippen LogP contribution in [0.25, 0.3) is 0 Å². The molecular formula is C11H25N. The van der Waals surface area contributed by atoms with Gasteiger partial charge >= 0.3 is 0 Å². The second kappa shape index (κ2) is 4.27. The standard InChI is InChI=1S/C11H25N/c1-8(2)9(3)7-11(5,6)10(4)12/h8-10H,7,12H2,1-6H3. The maximum Gasteiger partial charge on any atom is 0.00618 e. The van der Waals surface area contributed by atoms with Gasteiger partial charge in [-0.15, -0.1) is 0 Å². The topological polar surface area (TPSA) is 26.0 Å². The fraction of sp³-hybridized carbons (Fsp3) is 1.00. The van der Waals surface area contributed by atoms with Crippen LogP contribution in [0.3, 0.4) is 0 Å². The van der Waals surface area contributed by atoms with Crippen LogP contribution in [-0.2, 0) is 0 Å². The molecule has 0 saturated carbocycles. The number of nitrogens with two attached hydrogens (primary N) is 1. The molecule has 2 unspecified atom stereocenters. The molecule has 0 aliphatic rings. The normalized spacial score (nSPS) is 18.0. The van der Waals surface area contributed by atoms with E-state index in [9.17, 15) is 0 Å². The van der Waals surface area contributed by atoms with Gasteiger partial charge in [0.2, 0.25) is 0 Å². The summed E-state index contributed by atoms with van der Waals surface area (Å²) in [5, 5.41) is 0. The lowest BCUT2D eigenvalue weighted by Crippen LogP contribution is -2.36. The third kappa shape index (κ3) is 3.57. The van der Waals surface area contributed by atoms with E-state index in [1.807, 2.05) is 0 Å². The van der Waals surface area contributed by atoms with Gasteiger partial charge < -0.3 is 5.73 Å². The maximum absolute atomic E-state index is 5.92. The van der Waals surface area contributed by atoms with Crippen LogP contribution in [0.4, 0.5) is 0 Å². The lowest BCUT2D eigenvalue weighted by atomic mass is 9.75. The fourth-order valence-corrected chi connectivity index (χ4v) is 1.25. The Balaban J connectivity index is 4.05. The van der Waals surface area contributed by atoms with Gasteiger partial charge in [0, 0.05) is 6.04 Å². The molecule has 74 valence electrons. The molecule has 0 saturated heterocycles. The molecule has 0 aliphatic heterocycles. The Kier molecular flexibility index (Phi) is 4.25. The first-order valence-corrected chi connectivity index (χ1v) is 5.03. The molecule has 12 heavy (non-hydrogen) atoms. The molecule has 0 amide bonds. The van der Waals surface area contributed by atoms with Crippen molar-refractivity contribution in [3.05, 3.63) is 0 Å². The van der Waals surface area contributed by atoms with Crippen molar-refractivity contribution in [1.29, 1.82) is 0 Å². The van der Waals surface area contributed by atoms with Gasteiger partial charge in [-0.2, -0.15) is 0 Å². The third-order valence-electron chi connectivity index (χ3n) is 3.22. The molecule has 1 nitrogen and oxygen atoms in total. The smallest absolute Gasteiger partial charge is 0.00618 e. The Hall–Kier alpha value is -0.0400. The molecule has 0 aromatic carbocycles. The van der Waals surface area contributed by atoms with E-state index >= 15 is 0 Å². The Morgan fingerprint density at radius 3 is 1.75 bits per heavy atom. The van der Waals surface area contributed by atoms with Crippen LogP contribution >= 0.6 is 0 Å². The minimum Gasteiger partial charge on any atom is -0.327 e. The van der Waals surface area contributed by atoms with Gasteiger partial charge in [-0.3, -0.25) is 0 Å². The predicted molar refractivity (Wildman–Crippen MR) is 56.0 cm³/mol. The number of hydrogen-bond donors (Lipinski definition) is 1. The highest BCUT2D eigenvalue weighted by molar-refractivity contribution is 4.80. The van der Waals surface area contributed by atoms with Crippen LogP contribution in [0, 0.1) is 17.3 Å². The fourth-order valence-electron chi connectivity index (χ4n) is 1.25. The van der Waals surface area contributed by atoms with Gasteiger partial charge in [-0.05, 0) is 30.6 Å². The van der Waals surface area contributed by atoms with Crippen LogP contribution in [-0.4, -0.2) is 6.04 Å². The van der Waals surface area contributed by atoms with Crippen molar-refractivity contribution in [3.63, 3.8) is 0 Å². The molecule has 0 aliphatic carbocycles. The van der Waals surface area contributed by atoms with Crippen LogP contribution < -0.4 is 5.73 Å². The minimum absolute atomic E-state index is 0.281. The zero-order valence-electron chi connectivity index (χ0n) is 9.52. The number of hydrogen-bond acceptors (Lipinski definition) is 1. The van der Waals surface area contributed by atoms with Gasteiger partial charge in [0.1, 0.15) is 0 Å². The molecule has 2 atom stereocenters. The highest BCUT2D eigenvalue weighted by Gasteiger charge is 2.26. The van der Waals surface area contributed by atoms with Gasteiger partial charge in [0.25, 0.3) is 0 Å². The summed E-state index contributed by atoms with van der Waals surface area (Å²) in [6.45, 7) is 13.5. The van der Waals surface area contributed by atoms with Crippen molar-refractivity contribution in [2.75, 3.05) is 0 Å². The van der Waals surface area contributed by atoms with E-state index in [-0.39, 0.29) is 5.41 Å². The molecule has 0 radical (unpaired) electrons. The zero-order chi connectivity index (χ0) is 9.94. The average Bonchev–Trinajstić information content (AvgIpc) is 1.85. The Morgan fingerprint density at radius 2 is 1.50 bits per heavy atom. The summed E-state index contributed by atoms with van der Waals surface area (Å²) in [7, 11) is 0. The first-order valence-electron chi connectivity index (χ1n) is 5.03. The number of rotatable bonds is 4. The van der Waals surface area contributed by atoms with Gasteiger partial charge in [-0.25, -0.2) is 0 Å². The van der Waals surface area contributed by atoms with E-state index in [1.54, 1.807) is 0 Å². The van der Waals surface area contributed by atoms with Crippen molar-refractivity contribution in [2.45, 2.75) is 54.0 Å². The summed E-state index contributed by atoms with van der Waals surface area (Å²) in [5.41, 5.74) is 6.20. The van der Waals surface area contributed by atoms with Crippen LogP contribution in [0.5, 0.6) is 0 Å². The third-order valence-corrected chi connectivity index (χ3v) is 3.22. The lowest BCUT2D eigenvalue weighted by molar-refractivity contribution is 0.205. The molecule has 0 bridgehead atoms. The zero-order valence-corrected chi connectivity index (χ0v) is 9.52. The second-order valence-electron chi connectivity index (χ2n) is 5.20. The summed E-state index contributed by atoms with van der Waals surface area (Å²) in [5.74, 6) is 1.54. The quantitative estimate of drug-likeness (QED) is 0.691. The molecule has 0 spiro atoms. The van der Waals surface area contributed by atoms with Gasteiger partial charge in [0.05, 0.1) is 0 Å². The van der Waals surface area contributed by atoms with Crippen molar-refractivity contribution in [3.8, 4) is 0 Å². The lowest BCUT2D eigenvalue weighted by Gasteiger charge is -2.33. The SMILES string of the molecule is CC(C)C(C)CC(C)(C)C(C)N. The molecule has 2 N–H and O–H groups in total. The summed E-state index contributed by atoms with van der Waals surface area (Å²) in [4.78, 5) is 0. The minimum atomic E-state index is 0.281. The molecule has 0 fully saturated rings. The summed E-state index contributed by atoms with van der Waals surface area (Å²) in [6, 6.07) is 0.290. The van der Waals surface area contributed by atoms with Crippen molar-refractivity contribution >= 4 is 0 Å². The average molecular weight is 171 g/mol. The van der Waals surface area contributed by atoms with E-state index in [4.69, 9.17) is 5.73 Å². The highest BCUT2D eigenvalue weighted by atomic mass is 14.7. The molecule has 1 heteroatoms. The summed E-state index contributed by atoms with van der Waals surface area (Å²) >= 11 is 0. The van der Waals surface area contributed by atoms with E-state index in [1.165, 1.54) is 6.42 Å². The first-order chi connectivity index (χ1) is 5.27. The van der Waals surface area contributed by atoms with Crippen LogP contribution in [0.1, 0.15) is 48.0 Å². The van der Waals surface area contributed by atoms with E-state index < -0.39 is 0 Å². The van der Waals surface area contributed by atoms with E-state index in [0.717, 1.165) is 11.8 Å².